The largest absolute Gasteiger partial charge is 0.493 e. The van der Waals surface area contributed by atoms with Gasteiger partial charge in [0.1, 0.15) is 11.8 Å². The molecule has 1 aliphatic rings. The van der Waals surface area contributed by atoms with E-state index in [-0.39, 0.29) is 0 Å². The molecule has 0 aromatic carbocycles. The molecular weight excluding hydrogens is 236 g/mol. The Labute approximate surface area is 106 Å². The van der Waals surface area contributed by atoms with E-state index in [4.69, 9.17) is 4.74 Å². The lowest BCUT2D eigenvalue weighted by Gasteiger charge is -2.15. The first-order chi connectivity index (χ1) is 8.22. The molecular formula is C12H20N2O2S. The second-order valence-electron chi connectivity index (χ2n) is 4.48. The van der Waals surface area contributed by atoms with Crippen LogP contribution in [0.1, 0.15) is 37.5 Å². The van der Waals surface area contributed by atoms with Crippen LogP contribution < -0.4 is 4.74 Å². The number of rotatable bonds is 5. The second-order valence-corrected chi connectivity index (χ2v) is 5.81. The van der Waals surface area contributed by atoms with Crippen LogP contribution in [0.5, 0.6) is 5.75 Å². The SMILES string of the molecule is COc1cnn(C)c1C(O)CSC1CCCC1. The fourth-order valence-electron chi connectivity index (χ4n) is 2.33. The molecule has 0 spiro atoms. The smallest absolute Gasteiger partial charge is 0.162 e. The molecule has 1 aromatic heterocycles. The summed E-state index contributed by atoms with van der Waals surface area (Å²) in [5.41, 5.74) is 0.776. The van der Waals surface area contributed by atoms with Gasteiger partial charge in [-0.1, -0.05) is 12.8 Å². The molecule has 2 rings (SSSR count). The number of aliphatic hydroxyl groups excluding tert-OH is 1. The molecule has 17 heavy (non-hydrogen) atoms. The van der Waals surface area contributed by atoms with Crippen molar-refractivity contribution >= 4 is 11.8 Å². The third-order valence-electron chi connectivity index (χ3n) is 3.28. The van der Waals surface area contributed by atoms with Gasteiger partial charge in [-0.2, -0.15) is 16.9 Å². The highest BCUT2D eigenvalue weighted by Gasteiger charge is 2.21. The highest BCUT2D eigenvalue weighted by atomic mass is 32.2. The quantitative estimate of drug-likeness (QED) is 0.877. The minimum Gasteiger partial charge on any atom is -0.493 e. The number of aliphatic hydroxyl groups is 1. The molecule has 1 aliphatic carbocycles. The van der Waals surface area contributed by atoms with Gasteiger partial charge in [-0.3, -0.25) is 4.68 Å². The predicted octanol–water partition coefficient (Wildman–Crippen LogP) is 2.14. The van der Waals surface area contributed by atoms with Crippen LogP contribution in [0.3, 0.4) is 0 Å². The lowest BCUT2D eigenvalue weighted by atomic mass is 10.2. The van der Waals surface area contributed by atoms with Gasteiger partial charge in [0.2, 0.25) is 0 Å². The van der Waals surface area contributed by atoms with E-state index in [1.165, 1.54) is 25.7 Å². The van der Waals surface area contributed by atoms with E-state index in [2.05, 4.69) is 5.10 Å². The van der Waals surface area contributed by atoms with Gasteiger partial charge in [0.15, 0.2) is 5.75 Å². The Bertz CT molecular complexity index is 361. The molecule has 1 aromatic rings. The lowest BCUT2D eigenvalue weighted by molar-refractivity contribution is 0.188. The summed E-state index contributed by atoms with van der Waals surface area (Å²) >= 11 is 1.87. The van der Waals surface area contributed by atoms with Gasteiger partial charge in [-0.25, -0.2) is 0 Å². The van der Waals surface area contributed by atoms with Gasteiger partial charge in [0, 0.05) is 18.1 Å². The first kappa shape index (κ1) is 12.8. The minimum atomic E-state index is -0.497. The Morgan fingerprint density at radius 1 is 1.59 bits per heavy atom. The number of hydrogen-bond acceptors (Lipinski definition) is 4. The maximum atomic E-state index is 10.2. The van der Waals surface area contributed by atoms with Crippen LogP contribution in [0.4, 0.5) is 0 Å². The van der Waals surface area contributed by atoms with Crippen molar-refractivity contribution in [3.05, 3.63) is 11.9 Å². The third-order valence-corrected chi connectivity index (χ3v) is 4.73. The molecule has 4 nitrogen and oxygen atoms in total. The van der Waals surface area contributed by atoms with Crippen LogP contribution in [0, 0.1) is 0 Å². The van der Waals surface area contributed by atoms with Crippen LogP contribution in [0.25, 0.3) is 0 Å². The van der Waals surface area contributed by atoms with Crippen molar-refractivity contribution in [3.8, 4) is 5.75 Å². The molecule has 1 heterocycles. The molecule has 96 valence electrons. The molecule has 1 fully saturated rings. The van der Waals surface area contributed by atoms with E-state index in [0.29, 0.717) is 5.75 Å². The summed E-state index contributed by atoms with van der Waals surface area (Å²) in [4.78, 5) is 0. The lowest BCUT2D eigenvalue weighted by Crippen LogP contribution is -2.10. The predicted molar refractivity (Wildman–Crippen MR) is 69.4 cm³/mol. The number of aryl methyl sites for hydroxylation is 1. The van der Waals surface area contributed by atoms with Crippen molar-refractivity contribution in [2.45, 2.75) is 37.0 Å². The van der Waals surface area contributed by atoms with Crippen molar-refractivity contribution in [3.63, 3.8) is 0 Å². The number of hydrogen-bond donors (Lipinski definition) is 1. The Morgan fingerprint density at radius 3 is 2.94 bits per heavy atom. The van der Waals surface area contributed by atoms with Crippen LogP contribution in [-0.4, -0.2) is 33.0 Å². The fourth-order valence-corrected chi connectivity index (χ4v) is 3.60. The van der Waals surface area contributed by atoms with Gasteiger partial charge in [0.25, 0.3) is 0 Å². The average Bonchev–Trinajstić information content (AvgIpc) is 2.94. The number of thioether (sulfide) groups is 1. The van der Waals surface area contributed by atoms with E-state index in [9.17, 15) is 5.11 Å². The zero-order valence-corrected chi connectivity index (χ0v) is 11.2. The molecule has 0 bridgehead atoms. The van der Waals surface area contributed by atoms with E-state index in [0.717, 1.165) is 16.7 Å². The van der Waals surface area contributed by atoms with E-state index >= 15 is 0 Å². The summed E-state index contributed by atoms with van der Waals surface area (Å²) in [6, 6.07) is 0. The second kappa shape index (κ2) is 5.78. The monoisotopic (exact) mass is 256 g/mol. The maximum absolute atomic E-state index is 10.2. The number of aromatic nitrogens is 2. The first-order valence-electron chi connectivity index (χ1n) is 6.08. The summed E-state index contributed by atoms with van der Waals surface area (Å²) in [5.74, 6) is 1.40. The van der Waals surface area contributed by atoms with Gasteiger partial charge in [-0.05, 0) is 12.8 Å². The van der Waals surface area contributed by atoms with Crippen molar-refractivity contribution < 1.29 is 9.84 Å². The van der Waals surface area contributed by atoms with E-state index in [1.807, 2.05) is 18.8 Å². The highest BCUT2D eigenvalue weighted by molar-refractivity contribution is 7.99. The highest BCUT2D eigenvalue weighted by Crippen LogP contribution is 2.33. The topological polar surface area (TPSA) is 47.3 Å². The van der Waals surface area contributed by atoms with Crippen molar-refractivity contribution in [2.24, 2.45) is 7.05 Å². The molecule has 1 saturated carbocycles. The Morgan fingerprint density at radius 2 is 2.29 bits per heavy atom. The standard InChI is InChI=1S/C12H20N2O2S/c1-14-12(11(16-2)7-13-14)10(15)8-17-9-5-3-4-6-9/h7,9-10,15H,3-6,8H2,1-2H3. The summed E-state index contributed by atoms with van der Waals surface area (Å²) in [6.07, 6.45) is 6.41. The molecule has 0 aliphatic heterocycles. The molecule has 0 saturated heterocycles. The molecule has 5 heteroatoms. The maximum Gasteiger partial charge on any atom is 0.162 e. The summed E-state index contributed by atoms with van der Waals surface area (Å²) in [7, 11) is 3.44. The zero-order chi connectivity index (χ0) is 12.3. The normalized spacial score (nSPS) is 18.5. The van der Waals surface area contributed by atoms with E-state index in [1.54, 1.807) is 18.0 Å². The Hall–Kier alpha value is -0.680. The zero-order valence-electron chi connectivity index (χ0n) is 10.4. The third kappa shape index (κ3) is 2.96. The molecule has 1 N–H and O–H groups in total. The number of methoxy groups -OCH3 is 1. The van der Waals surface area contributed by atoms with Crippen LogP contribution in [-0.2, 0) is 7.05 Å². The van der Waals surface area contributed by atoms with Gasteiger partial charge in [0.05, 0.1) is 13.3 Å². The summed E-state index contributed by atoms with van der Waals surface area (Å²) in [5, 5.41) is 15.0. The first-order valence-corrected chi connectivity index (χ1v) is 7.12. The average molecular weight is 256 g/mol. The van der Waals surface area contributed by atoms with Crippen molar-refractivity contribution in [1.82, 2.24) is 9.78 Å². The van der Waals surface area contributed by atoms with Gasteiger partial charge < -0.3 is 9.84 Å². The van der Waals surface area contributed by atoms with Crippen LogP contribution in [0.15, 0.2) is 6.20 Å². The van der Waals surface area contributed by atoms with Gasteiger partial charge in [-0.15, -0.1) is 0 Å². The molecule has 0 radical (unpaired) electrons. The molecule has 1 unspecified atom stereocenters. The van der Waals surface area contributed by atoms with Crippen molar-refractivity contribution in [2.75, 3.05) is 12.9 Å². The van der Waals surface area contributed by atoms with Crippen molar-refractivity contribution in [1.29, 1.82) is 0 Å². The fraction of sp³-hybridized carbons (Fsp3) is 0.750. The summed E-state index contributed by atoms with van der Waals surface area (Å²) < 4.78 is 6.90. The minimum absolute atomic E-state index is 0.497. The number of ether oxygens (including phenoxy) is 1. The van der Waals surface area contributed by atoms with Crippen LogP contribution >= 0.6 is 11.8 Å². The van der Waals surface area contributed by atoms with Crippen LogP contribution in [0.2, 0.25) is 0 Å². The Balaban J connectivity index is 1.93. The molecule has 0 amide bonds. The summed E-state index contributed by atoms with van der Waals surface area (Å²) in [6.45, 7) is 0. The van der Waals surface area contributed by atoms with Gasteiger partial charge >= 0.3 is 0 Å². The Kier molecular flexibility index (Phi) is 4.34. The molecule has 1 atom stereocenters. The van der Waals surface area contributed by atoms with E-state index < -0.39 is 6.10 Å². The number of nitrogens with zero attached hydrogens (tertiary/aromatic N) is 2.